The SMILES string of the molecule is C1CNCCNCCNCCNCCNCCNCCNCCN1.Cl.Cl.Cl.Cl.Cl.Cl.Cl.Cl. The Morgan fingerprint density at radius 1 is 0.156 bits per heavy atom. The van der Waals surface area contributed by atoms with Crippen LogP contribution in [-0.2, 0) is 0 Å². The highest BCUT2D eigenvalue weighted by Gasteiger charge is 1.93. The molecular formula is C16H48Cl8N8. The summed E-state index contributed by atoms with van der Waals surface area (Å²) >= 11 is 0. The first-order valence-corrected chi connectivity index (χ1v) is 9.66. The Morgan fingerprint density at radius 2 is 0.219 bits per heavy atom. The van der Waals surface area contributed by atoms with Crippen LogP contribution < -0.4 is 42.5 Å². The molecule has 0 aromatic rings. The Labute approximate surface area is 245 Å². The van der Waals surface area contributed by atoms with E-state index in [1.807, 2.05) is 0 Å². The molecule has 0 radical (unpaired) electrons. The second-order valence-electron chi connectivity index (χ2n) is 6.00. The van der Waals surface area contributed by atoms with Gasteiger partial charge in [-0.1, -0.05) is 0 Å². The van der Waals surface area contributed by atoms with Gasteiger partial charge in [0.15, 0.2) is 0 Å². The number of hydrogen-bond donors (Lipinski definition) is 8. The molecule has 1 fully saturated rings. The monoisotopic (exact) mass is 632 g/mol. The molecule has 0 aromatic heterocycles. The molecule has 0 amide bonds. The van der Waals surface area contributed by atoms with Crippen molar-refractivity contribution < 1.29 is 0 Å². The van der Waals surface area contributed by atoms with Crippen LogP contribution in [0.2, 0.25) is 0 Å². The van der Waals surface area contributed by atoms with Gasteiger partial charge in [-0.3, -0.25) is 0 Å². The number of rotatable bonds is 0. The first-order valence-electron chi connectivity index (χ1n) is 9.66. The second-order valence-corrected chi connectivity index (χ2v) is 6.00. The highest BCUT2D eigenvalue weighted by atomic mass is 35.5. The minimum Gasteiger partial charge on any atom is -0.314 e. The molecule has 0 spiro atoms. The van der Waals surface area contributed by atoms with Crippen LogP contribution in [0.15, 0.2) is 0 Å². The Kier molecular flexibility index (Phi) is 85.6. The first-order chi connectivity index (χ1) is 12.0. The molecule has 1 aliphatic heterocycles. The fourth-order valence-corrected chi connectivity index (χ4v) is 2.41. The molecule has 0 aliphatic carbocycles. The van der Waals surface area contributed by atoms with E-state index < -0.39 is 0 Å². The average molecular weight is 636 g/mol. The number of halogens is 8. The van der Waals surface area contributed by atoms with Gasteiger partial charge in [0.25, 0.3) is 0 Å². The minimum atomic E-state index is 0. The van der Waals surface area contributed by atoms with Crippen molar-refractivity contribution in [1.29, 1.82) is 0 Å². The predicted molar refractivity (Wildman–Crippen MR) is 161 cm³/mol. The third-order valence-corrected chi connectivity index (χ3v) is 3.83. The molecule has 0 bridgehead atoms. The van der Waals surface area contributed by atoms with Crippen LogP contribution in [0.1, 0.15) is 0 Å². The molecule has 16 heteroatoms. The lowest BCUT2D eigenvalue weighted by atomic mass is 10.4. The van der Waals surface area contributed by atoms with Crippen LogP contribution in [0.5, 0.6) is 0 Å². The molecule has 208 valence electrons. The highest BCUT2D eigenvalue weighted by Crippen LogP contribution is 1.67. The van der Waals surface area contributed by atoms with Gasteiger partial charge in [-0.05, 0) is 0 Å². The van der Waals surface area contributed by atoms with Gasteiger partial charge >= 0.3 is 0 Å². The Bertz CT molecular complexity index is 158. The van der Waals surface area contributed by atoms with E-state index in [0.717, 1.165) is 105 Å². The van der Waals surface area contributed by atoms with E-state index in [4.69, 9.17) is 0 Å². The zero-order valence-electron chi connectivity index (χ0n) is 18.6. The van der Waals surface area contributed by atoms with Gasteiger partial charge in [-0.15, -0.1) is 99.3 Å². The number of hydrogen-bond acceptors (Lipinski definition) is 8. The van der Waals surface area contributed by atoms with Crippen LogP contribution in [0, 0.1) is 0 Å². The summed E-state index contributed by atoms with van der Waals surface area (Å²) in [5, 5.41) is 27.6. The minimum absolute atomic E-state index is 0. The van der Waals surface area contributed by atoms with Crippen LogP contribution in [0.3, 0.4) is 0 Å². The maximum atomic E-state index is 3.44. The third-order valence-electron chi connectivity index (χ3n) is 3.83. The van der Waals surface area contributed by atoms with Gasteiger partial charge in [0.05, 0.1) is 0 Å². The molecule has 1 aliphatic rings. The van der Waals surface area contributed by atoms with E-state index >= 15 is 0 Å². The molecular weight excluding hydrogens is 588 g/mol. The Balaban J connectivity index is -0.000000120. The van der Waals surface area contributed by atoms with Gasteiger partial charge in [0.2, 0.25) is 0 Å². The molecule has 1 saturated heterocycles. The normalized spacial score (nSPS) is 18.0. The van der Waals surface area contributed by atoms with E-state index in [9.17, 15) is 0 Å². The summed E-state index contributed by atoms with van der Waals surface area (Å²) in [7, 11) is 0. The lowest BCUT2D eigenvalue weighted by Gasteiger charge is -2.11. The quantitative estimate of drug-likeness (QED) is 0.190. The predicted octanol–water partition coefficient (Wildman–Crippen LogP) is 0.0912. The Morgan fingerprint density at radius 3 is 0.281 bits per heavy atom. The molecule has 1 rings (SSSR count). The lowest BCUT2D eigenvalue weighted by Crippen LogP contribution is -2.39. The van der Waals surface area contributed by atoms with Crippen molar-refractivity contribution in [2.75, 3.05) is 105 Å². The van der Waals surface area contributed by atoms with Crippen molar-refractivity contribution in [2.45, 2.75) is 0 Å². The van der Waals surface area contributed by atoms with Crippen molar-refractivity contribution in [1.82, 2.24) is 42.5 Å². The van der Waals surface area contributed by atoms with Crippen LogP contribution in [0.25, 0.3) is 0 Å². The van der Waals surface area contributed by atoms with Gasteiger partial charge in [-0.2, -0.15) is 0 Å². The summed E-state index contributed by atoms with van der Waals surface area (Å²) < 4.78 is 0. The standard InChI is InChI=1S/C16H40N8.8ClH/c1-2-18-5-6-20-9-10-22-13-14-24-16-15-23-12-11-21-8-7-19-4-3-17-1;;;;;;;;/h17-24H,1-16H2;8*1H. The maximum absolute atomic E-state index is 3.44. The van der Waals surface area contributed by atoms with Gasteiger partial charge in [0.1, 0.15) is 0 Å². The summed E-state index contributed by atoms with van der Waals surface area (Å²) in [6.45, 7) is 16.4. The van der Waals surface area contributed by atoms with Gasteiger partial charge in [-0.25, -0.2) is 0 Å². The second kappa shape index (κ2) is 50.0. The van der Waals surface area contributed by atoms with Gasteiger partial charge in [0, 0.05) is 105 Å². The molecule has 32 heavy (non-hydrogen) atoms. The topological polar surface area (TPSA) is 96.2 Å². The average Bonchev–Trinajstić information content (AvgIpc) is 2.59. The van der Waals surface area contributed by atoms with Crippen molar-refractivity contribution in [3.63, 3.8) is 0 Å². The van der Waals surface area contributed by atoms with E-state index in [2.05, 4.69) is 42.5 Å². The molecule has 0 aromatic carbocycles. The van der Waals surface area contributed by atoms with Gasteiger partial charge < -0.3 is 42.5 Å². The largest absolute Gasteiger partial charge is 0.314 e. The zero-order valence-corrected chi connectivity index (χ0v) is 25.1. The van der Waals surface area contributed by atoms with E-state index in [0.29, 0.717) is 0 Å². The van der Waals surface area contributed by atoms with Crippen molar-refractivity contribution in [2.24, 2.45) is 0 Å². The smallest absolute Gasteiger partial charge is 0.00772 e. The molecule has 0 saturated carbocycles. The fourth-order valence-electron chi connectivity index (χ4n) is 2.41. The summed E-state index contributed by atoms with van der Waals surface area (Å²) in [4.78, 5) is 0. The van der Waals surface area contributed by atoms with Crippen molar-refractivity contribution in [3.05, 3.63) is 0 Å². The van der Waals surface area contributed by atoms with Crippen LogP contribution >= 0.6 is 99.3 Å². The molecule has 8 nitrogen and oxygen atoms in total. The first kappa shape index (κ1) is 54.8. The van der Waals surface area contributed by atoms with Crippen LogP contribution in [-0.4, -0.2) is 105 Å². The van der Waals surface area contributed by atoms with Crippen molar-refractivity contribution >= 4 is 99.3 Å². The van der Waals surface area contributed by atoms with Crippen molar-refractivity contribution in [3.8, 4) is 0 Å². The zero-order chi connectivity index (χ0) is 17.0. The fraction of sp³-hybridized carbons (Fsp3) is 1.00. The molecule has 1 heterocycles. The summed E-state index contributed by atoms with van der Waals surface area (Å²) in [5.41, 5.74) is 0. The number of nitrogens with one attached hydrogen (secondary N) is 8. The molecule has 8 N–H and O–H groups in total. The maximum Gasteiger partial charge on any atom is 0.00772 e. The third kappa shape index (κ3) is 45.5. The van der Waals surface area contributed by atoms with Crippen LogP contribution in [0.4, 0.5) is 0 Å². The highest BCUT2D eigenvalue weighted by molar-refractivity contribution is 5.86. The lowest BCUT2D eigenvalue weighted by molar-refractivity contribution is 0.534. The summed E-state index contributed by atoms with van der Waals surface area (Å²) in [6, 6.07) is 0. The molecule has 0 unspecified atom stereocenters. The Hall–Kier alpha value is 2.00. The molecule has 0 atom stereocenters. The summed E-state index contributed by atoms with van der Waals surface area (Å²) in [6.07, 6.45) is 0. The summed E-state index contributed by atoms with van der Waals surface area (Å²) in [5.74, 6) is 0. The van der Waals surface area contributed by atoms with E-state index in [1.54, 1.807) is 0 Å². The van der Waals surface area contributed by atoms with E-state index in [-0.39, 0.29) is 99.3 Å². The van der Waals surface area contributed by atoms with E-state index in [1.165, 1.54) is 0 Å².